The molecule has 0 spiro atoms. The molecular formula is C7H8N2O2. The number of rotatable bonds is 0. The van der Waals surface area contributed by atoms with E-state index in [0.29, 0.717) is 6.54 Å². The zero-order chi connectivity index (χ0) is 8.69. The number of carbonyl (C=O) groups excluding carboxylic acids is 2. The summed E-state index contributed by atoms with van der Waals surface area (Å²) in [7, 11) is 0. The standard InChI is InChI=1S/C4H3NO2.C3H5N/c6-3-1-2-4(7)5-3;1-2-3-4/h1-2H,(H,5,6,7);1H,3-4H2. The van der Waals surface area contributed by atoms with Gasteiger partial charge in [-0.25, -0.2) is 0 Å². The van der Waals surface area contributed by atoms with Crippen LogP contribution < -0.4 is 11.1 Å². The number of nitrogens with one attached hydrogen (secondary N) is 1. The van der Waals surface area contributed by atoms with E-state index in [9.17, 15) is 9.59 Å². The van der Waals surface area contributed by atoms with E-state index in [1.165, 1.54) is 12.2 Å². The molecule has 0 radical (unpaired) electrons. The summed E-state index contributed by atoms with van der Waals surface area (Å²) in [4.78, 5) is 20.1. The van der Waals surface area contributed by atoms with Crippen molar-refractivity contribution in [3.05, 3.63) is 12.2 Å². The number of nitrogens with two attached hydrogens (primary N) is 1. The predicted molar refractivity (Wildman–Crippen MR) is 40.2 cm³/mol. The Kier molecular flexibility index (Phi) is 4.45. The fourth-order valence-corrected chi connectivity index (χ4v) is 0.356. The summed E-state index contributed by atoms with van der Waals surface area (Å²) < 4.78 is 0. The third-order valence-electron chi connectivity index (χ3n) is 0.750. The van der Waals surface area contributed by atoms with Gasteiger partial charge in [-0.2, -0.15) is 0 Å². The molecule has 0 bridgehead atoms. The van der Waals surface area contributed by atoms with E-state index < -0.39 is 0 Å². The maximum absolute atomic E-state index is 10.0. The van der Waals surface area contributed by atoms with Gasteiger partial charge in [-0.05, 0) is 0 Å². The van der Waals surface area contributed by atoms with Gasteiger partial charge in [0.05, 0.1) is 6.54 Å². The van der Waals surface area contributed by atoms with Gasteiger partial charge in [0.25, 0.3) is 11.8 Å². The molecule has 0 aliphatic carbocycles. The Morgan fingerprint density at radius 3 is 1.91 bits per heavy atom. The largest absolute Gasteiger partial charge is 0.320 e. The fraction of sp³-hybridized carbons (Fsp3) is 0.143. The third-order valence-corrected chi connectivity index (χ3v) is 0.750. The van der Waals surface area contributed by atoms with Gasteiger partial charge in [0, 0.05) is 12.2 Å². The topological polar surface area (TPSA) is 72.2 Å². The number of hydrogen-bond donors (Lipinski definition) is 2. The van der Waals surface area contributed by atoms with Gasteiger partial charge in [-0.15, -0.1) is 6.42 Å². The van der Waals surface area contributed by atoms with Crippen molar-refractivity contribution in [1.82, 2.24) is 5.32 Å². The van der Waals surface area contributed by atoms with Crippen LogP contribution in [-0.4, -0.2) is 18.4 Å². The van der Waals surface area contributed by atoms with Gasteiger partial charge in [-0.3, -0.25) is 14.9 Å². The van der Waals surface area contributed by atoms with Gasteiger partial charge >= 0.3 is 0 Å². The Morgan fingerprint density at radius 1 is 1.45 bits per heavy atom. The molecule has 58 valence electrons. The van der Waals surface area contributed by atoms with Crippen LogP contribution in [0.4, 0.5) is 0 Å². The molecule has 4 heteroatoms. The lowest BCUT2D eigenvalue weighted by Gasteiger charge is -1.80. The van der Waals surface area contributed by atoms with E-state index >= 15 is 0 Å². The number of hydrogen-bond acceptors (Lipinski definition) is 3. The summed E-state index contributed by atoms with van der Waals surface area (Å²) in [6.45, 7) is 0.347. The van der Waals surface area contributed by atoms with Crippen LogP contribution in [0, 0.1) is 12.3 Å². The summed E-state index contributed by atoms with van der Waals surface area (Å²) in [5, 5.41) is 2.03. The lowest BCUT2D eigenvalue weighted by molar-refractivity contribution is -0.123. The molecule has 1 aliphatic heterocycles. The first-order valence-electron chi connectivity index (χ1n) is 2.87. The quantitative estimate of drug-likeness (QED) is 0.337. The molecule has 0 aromatic heterocycles. The van der Waals surface area contributed by atoms with Crippen LogP contribution in [0.3, 0.4) is 0 Å². The van der Waals surface area contributed by atoms with Crippen molar-refractivity contribution in [1.29, 1.82) is 0 Å². The molecule has 0 aromatic carbocycles. The number of carbonyl (C=O) groups is 2. The highest BCUT2D eigenvalue weighted by Crippen LogP contribution is 1.82. The summed E-state index contributed by atoms with van der Waals surface area (Å²) >= 11 is 0. The van der Waals surface area contributed by atoms with Crippen LogP contribution >= 0.6 is 0 Å². The van der Waals surface area contributed by atoms with Gasteiger partial charge in [0.2, 0.25) is 0 Å². The molecule has 1 aliphatic rings. The van der Waals surface area contributed by atoms with E-state index in [1.54, 1.807) is 0 Å². The van der Waals surface area contributed by atoms with Crippen LogP contribution in [0.5, 0.6) is 0 Å². The van der Waals surface area contributed by atoms with Crippen molar-refractivity contribution in [2.24, 2.45) is 5.73 Å². The molecule has 2 amide bonds. The molecule has 0 aromatic rings. The van der Waals surface area contributed by atoms with E-state index in [4.69, 9.17) is 5.73 Å². The molecule has 0 unspecified atom stereocenters. The first-order chi connectivity index (χ1) is 5.20. The van der Waals surface area contributed by atoms with E-state index in [1.807, 2.05) is 5.32 Å². The van der Waals surface area contributed by atoms with Crippen molar-refractivity contribution >= 4 is 11.8 Å². The Bertz CT molecular complexity index is 209. The Labute approximate surface area is 64.5 Å². The normalized spacial score (nSPS) is 13.1. The molecule has 0 atom stereocenters. The minimum absolute atomic E-state index is 0.329. The molecule has 1 rings (SSSR count). The SMILES string of the molecule is C#CCN.O=C1C=CC(=O)N1. The summed E-state index contributed by atoms with van der Waals surface area (Å²) in [5.74, 6) is 1.55. The van der Waals surface area contributed by atoms with Gasteiger partial charge < -0.3 is 5.73 Å². The predicted octanol–water partition coefficient (Wildman–Crippen LogP) is -1.22. The smallest absolute Gasteiger partial charge is 0.250 e. The third kappa shape index (κ3) is 4.88. The summed E-state index contributed by atoms with van der Waals surface area (Å²) in [6.07, 6.45) is 7.05. The lowest BCUT2D eigenvalue weighted by Crippen LogP contribution is -2.19. The highest BCUT2D eigenvalue weighted by Gasteiger charge is 2.06. The monoisotopic (exact) mass is 152 g/mol. The highest BCUT2D eigenvalue weighted by molar-refractivity contribution is 6.12. The molecule has 0 saturated carbocycles. The average Bonchev–Trinajstić information content (AvgIpc) is 2.35. The summed E-state index contributed by atoms with van der Waals surface area (Å²) in [6, 6.07) is 0. The van der Waals surface area contributed by atoms with Crippen LogP contribution in [0.15, 0.2) is 12.2 Å². The second kappa shape index (κ2) is 5.21. The minimum atomic E-state index is -0.329. The zero-order valence-corrected chi connectivity index (χ0v) is 5.83. The molecule has 11 heavy (non-hydrogen) atoms. The van der Waals surface area contributed by atoms with Crippen molar-refractivity contribution < 1.29 is 9.59 Å². The van der Waals surface area contributed by atoms with Crippen LogP contribution in [0.1, 0.15) is 0 Å². The average molecular weight is 152 g/mol. The second-order valence-electron chi connectivity index (χ2n) is 1.60. The number of imide groups is 1. The van der Waals surface area contributed by atoms with Crippen molar-refractivity contribution in [2.75, 3.05) is 6.54 Å². The zero-order valence-electron chi connectivity index (χ0n) is 5.83. The number of amides is 2. The molecule has 0 saturated heterocycles. The van der Waals surface area contributed by atoms with E-state index in [0.717, 1.165) is 0 Å². The Balaban J connectivity index is 0.000000218. The molecule has 1 heterocycles. The van der Waals surface area contributed by atoms with Crippen molar-refractivity contribution in [2.45, 2.75) is 0 Å². The van der Waals surface area contributed by atoms with E-state index in [-0.39, 0.29) is 11.8 Å². The van der Waals surface area contributed by atoms with Crippen molar-refractivity contribution in [3.63, 3.8) is 0 Å². The minimum Gasteiger partial charge on any atom is -0.320 e. The molecule has 4 nitrogen and oxygen atoms in total. The molecule has 3 N–H and O–H groups in total. The van der Waals surface area contributed by atoms with Crippen LogP contribution in [-0.2, 0) is 9.59 Å². The maximum atomic E-state index is 10.0. The van der Waals surface area contributed by atoms with Crippen molar-refractivity contribution in [3.8, 4) is 12.3 Å². The first-order valence-corrected chi connectivity index (χ1v) is 2.87. The van der Waals surface area contributed by atoms with Crippen LogP contribution in [0.25, 0.3) is 0 Å². The Morgan fingerprint density at radius 2 is 1.82 bits per heavy atom. The van der Waals surface area contributed by atoms with Gasteiger partial charge in [-0.1, -0.05) is 5.92 Å². The van der Waals surface area contributed by atoms with E-state index in [2.05, 4.69) is 12.3 Å². The van der Waals surface area contributed by atoms with Gasteiger partial charge in [0.15, 0.2) is 0 Å². The molecule has 0 fully saturated rings. The molecular weight excluding hydrogens is 144 g/mol. The second-order valence-corrected chi connectivity index (χ2v) is 1.60. The first kappa shape index (κ1) is 9.40. The lowest BCUT2D eigenvalue weighted by atomic mass is 10.6. The van der Waals surface area contributed by atoms with Crippen LogP contribution in [0.2, 0.25) is 0 Å². The summed E-state index contributed by atoms with van der Waals surface area (Å²) in [5.41, 5.74) is 4.79. The Hall–Kier alpha value is -1.60. The maximum Gasteiger partial charge on any atom is 0.250 e. The fourth-order valence-electron chi connectivity index (χ4n) is 0.356. The van der Waals surface area contributed by atoms with Gasteiger partial charge in [0.1, 0.15) is 0 Å². The highest BCUT2D eigenvalue weighted by atomic mass is 16.2. The number of terminal acetylenes is 1.